The van der Waals surface area contributed by atoms with Crippen LogP contribution < -0.4 is 15.2 Å². The molecule has 0 aliphatic heterocycles. The Hall–Kier alpha value is -2.49. The van der Waals surface area contributed by atoms with Crippen molar-refractivity contribution in [1.82, 2.24) is 0 Å². The number of ether oxygens (including phenoxy) is 2. The monoisotopic (exact) mass is 285 g/mol. The molecule has 0 aliphatic carbocycles. The summed E-state index contributed by atoms with van der Waals surface area (Å²) in [5.74, 6) is 1.02. The average molecular weight is 285 g/mol. The molecule has 4 heteroatoms. The number of benzene rings is 2. The lowest BCUT2D eigenvalue weighted by Gasteiger charge is -2.14. The Morgan fingerprint density at radius 2 is 1.81 bits per heavy atom. The molecule has 0 aliphatic rings. The molecule has 0 heterocycles. The van der Waals surface area contributed by atoms with Gasteiger partial charge in [0.15, 0.2) is 5.78 Å². The van der Waals surface area contributed by atoms with E-state index in [2.05, 4.69) is 0 Å². The summed E-state index contributed by atoms with van der Waals surface area (Å²) in [6, 6.07) is 12.2. The number of rotatable bonds is 5. The number of para-hydroxylation sites is 1. The molecule has 0 fully saturated rings. The molecule has 0 saturated heterocycles. The van der Waals surface area contributed by atoms with Crippen molar-refractivity contribution >= 4 is 11.5 Å². The van der Waals surface area contributed by atoms with E-state index in [-0.39, 0.29) is 11.9 Å². The van der Waals surface area contributed by atoms with Crippen molar-refractivity contribution in [1.29, 1.82) is 0 Å². The molecule has 0 bridgehead atoms. The van der Waals surface area contributed by atoms with Gasteiger partial charge in [0.05, 0.1) is 18.8 Å². The molecule has 4 nitrogen and oxygen atoms in total. The second kappa shape index (κ2) is 6.31. The van der Waals surface area contributed by atoms with Gasteiger partial charge in [-0.3, -0.25) is 4.79 Å². The normalized spacial score (nSPS) is 10.5. The van der Waals surface area contributed by atoms with Gasteiger partial charge in [0, 0.05) is 17.3 Å². The lowest BCUT2D eigenvalue weighted by atomic mass is 10.0. The molecule has 0 spiro atoms. The zero-order valence-electron chi connectivity index (χ0n) is 12.4. The summed E-state index contributed by atoms with van der Waals surface area (Å²) in [5.41, 5.74) is 7.28. The topological polar surface area (TPSA) is 61.5 Å². The predicted molar refractivity (Wildman–Crippen MR) is 83.0 cm³/mol. The average Bonchev–Trinajstić information content (AvgIpc) is 2.46. The molecule has 2 rings (SSSR count). The number of carbonyl (C=O) groups excluding carboxylic acids is 1. The molecule has 2 N–H and O–H groups in total. The van der Waals surface area contributed by atoms with Gasteiger partial charge in [0.2, 0.25) is 0 Å². The molecule has 2 aromatic carbocycles. The van der Waals surface area contributed by atoms with Gasteiger partial charge in [-0.1, -0.05) is 12.1 Å². The zero-order chi connectivity index (χ0) is 15.4. The lowest BCUT2D eigenvalue weighted by Crippen LogP contribution is -2.11. The van der Waals surface area contributed by atoms with Gasteiger partial charge in [-0.05, 0) is 38.1 Å². The molecule has 0 saturated carbocycles. The van der Waals surface area contributed by atoms with Crippen LogP contribution >= 0.6 is 0 Å². The summed E-state index contributed by atoms with van der Waals surface area (Å²) < 4.78 is 10.8. The Morgan fingerprint density at radius 3 is 2.43 bits per heavy atom. The van der Waals surface area contributed by atoms with Crippen molar-refractivity contribution in [2.75, 3.05) is 12.8 Å². The third-order valence-electron chi connectivity index (χ3n) is 3.00. The minimum Gasteiger partial charge on any atom is -0.497 e. The number of nitrogens with two attached hydrogens (primary N) is 1. The molecule has 0 aromatic heterocycles. The van der Waals surface area contributed by atoms with Crippen LogP contribution in [0.3, 0.4) is 0 Å². The molecular formula is C17H19NO3. The van der Waals surface area contributed by atoms with E-state index in [0.717, 1.165) is 0 Å². The predicted octanol–water partition coefficient (Wildman–Crippen LogP) is 3.30. The van der Waals surface area contributed by atoms with Crippen LogP contribution in [0.4, 0.5) is 5.69 Å². The third-order valence-corrected chi connectivity index (χ3v) is 3.00. The quantitative estimate of drug-likeness (QED) is 0.676. The van der Waals surface area contributed by atoms with Crippen molar-refractivity contribution in [3.05, 3.63) is 53.6 Å². The molecule has 0 amide bonds. The lowest BCUT2D eigenvalue weighted by molar-refractivity contribution is 0.103. The Kier molecular flexibility index (Phi) is 4.48. The van der Waals surface area contributed by atoms with Gasteiger partial charge >= 0.3 is 0 Å². The van der Waals surface area contributed by atoms with Gasteiger partial charge in [-0.25, -0.2) is 0 Å². The van der Waals surface area contributed by atoms with E-state index in [9.17, 15) is 4.79 Å². The minimum atomic E-state index is -0.161. The fraction of sp³-hybridized carbons (Fsp3) is 0.235. The Bertz CT molecular complexity index is 650. The summed E-state index contributed by atoms with van der Waals surface area (Å²) >= 11 is 0. The van der Waals surface area contributed by atoms with E-state index < -0.39 is 0 Å². The molecule has 0 unspecified atom stereocenters. The van der Waals surface area contributed by atoms with Crippen LogP contribution in [0, 0.1) is 0 Å². The van der Waals surface area contributed by atoms with Gasteiger partial charge in [-0.2, -0.15) is 0 Å². The zero-order valence-corrected chi connectivity index (χ0v) is 12.4. The Labute approximate surface area is 124 Å². The molecule has 0 radical (unpaired) electrons. The number of hydrogen-bond donors (Lipinski definition) is 1. The molecular weight excluding hydrogens is 266 g/mol. The number of anilines is 1. The van der Waals surface area contributed by atoms with Crippen LogP contribution in [0.25, 0.3) is 0 Å². The maximum Gasteiger partial charge on any atom is 0.198 e. The first-order chi connectivity index (χ1) is 10.0. The van der Waals surface area contributed by atoms with E-state index in [0.29, 0.717) is 28.3 Å². The Balaban J connectivity index is 2.40. The minimum absolute atomic E-state index is 0.00726. The van der Waals surface area contributed by atoms with E-state index in [1.165, 1.54) is 0 Å². The van der Waals surface area contributed by atoms with Crippen LogP contribution in [0.15, 0.2) is 42.5 Å². The van der Waals surface area contributed by atoms with Crippen LogP contribution in [-0.4, -0.2) is 19.0 Å². The second-order valence-electron chi connectivity index (χ2n) is 4.95. The summed E-state index contributed by atoms with van der Waals surface area (Å²) in [7, 11) is 1.56. The maximum atomic E-state index is 12.7. The van der Waals surface area contributed by atoms with Crippen LogP contribution in [0.5, 0.6) is 11.5 Å². The van der Waals surface area contributed by atoms with Gasteiger partial charge < -0.3 is 15.2 Å². The van der Waals surface area contributed by atoms with Crippen molar-refractivity contribution in [3.8, 4) is 11.5 Å². The van der Waals surface area contributed by atoms with Crippen molar-refractivity contribution in [2.45, 2.75) is 20.0 Å². The van der Waals surface area contributed by atoms with E-state index in [1.807, 2.05) is 19.9 Å². The standard InChI is InChI=1S/C17H19NO3/c1-11(2)21-16-7-5-4-6-14(16)17(19)13-9-8-12(20-3)10-15(13)18/h4-11H,18H2,1-3H3. The molecule has 2 aromatic rings. The highest BCUT2D eigenvalue weighted by molar-refractivity contribution is 6.13. The number of ketones is 1. The highest BCUT2D eigenvalue weighted by atomic mass is 16.5. The summed E-state index contributed by atoms with van der Waals surface area (Å²) in [5, 5.41) is 0. The number of carbonyl (C=O) groups is 1. The SMILES string of the molecule is COc1ccc(C(=O)c2ccccc2OC(C)C)c(N)c1. The summed E-state index contributed by atoms with van der Waals surface area (Å²) in [4.78, 5) is 12.7. The van der Waals surface area contributed by atoms with Crippen molar-refractivity contribution in [3.63, 3.8) is 0 Å². The van der Waals surface area contributed by atoms with E-state index in [1.54, 1.807) is 43.5 Å². The van der Waals surface area contributed by atoms with Crippen molar-refractivity contribution < 1.29 is 14.3 Å². The smallest absolute Gasteiger partial charge is 0.198 e. The number of nitrogen functional groups attached to an aromatic ring is 1. The van der Waals surface area contributed by atoms with Gasteiger partial charge in [-0.15, -0.1) is 0 Å². The highest BCUT2D eigenvalue weighted by Crippen LogP contribution is 2.27. The van der Waals surface area contributed by atoms with Crippen LogP contribution in [-0.2, 0) is 0 Å². The summed E-state index contributed by atoms with van der Waals surface area (Å²) in [6.07, 6.45) is -0.00726. The third kappa shape index (κ3) is 3.34. The van der Waals surface area contributed by atoms with E-state index >= 15 is 0 Å². The Morgan fingerprint density at radius 1 is 1.10 bits per heavy atom. The largest absolute Gasteiger partial charge is 0.497 e. The fourth-order valence-corrected chi connectivity index (χ4v) is 2.03. The first-order valence-electron chi connectivity index (χ1n) is 6.77. The highest BCUT2D eigenvalue weighted by Gasteiger charge is 2.17. The van der Waals surface area contributed by atoms with Crippen LogP contribution in [0.2, 0.25) is 0 Å². The maximum absolute atomic E-state index is 12.7. The molecule has 0 atom stereocenters. The summed E-state index contributed by atoms with van der Waals surface area (Å²) in [6.45, 7) is 3.84. The molecule has 110 valence electrons. The fourth-order valence-electron chi connectivity index (χ4n) is 2.03. The van der Waals surface area contributed by atoms with Crippen molar-refractivity contribution in [2.24, 2.45) is 0 Å². The molecule has 21 heavy (non-hydrogen) atoms. The van der Waals surface area contributed by atoms with Gasteiger partial charge in [0.25, 0.3) is 0 Å². The number of methoxy groups -OCH3 is 1. The van der Waals surface area contributed by atoms with Crippen LogP contribution in [0.1, 0.15) is 29.8 Å². The van der Waals surface area contributed by atoms with E-state index in [4.69, 9.17) is 15.2 Å². The number of hydrogen-bond acceptors (Lipinski definition) is 4. The van der Waals surface area contributed by atoms with Gasteiger partial charge in [0.1, 0.15) is 11.5 Å². The second-order valence-corrected chi connectivity index (χ2v) is 4.95. The first kappa shape index (κ1) is 14.9. The first-order valence-corrected chi connectivity index (χ1v) is 6.77.